The molecule has 1 aromatic heterocycles. The van der Waals surface area contributed by atoms with Crippen LogP contribution in [0.4, 0.5) is 0 Å². The molecule has 0 spiro atoms. The highest BCUT2D eigenvalue weighted by Crippen LogP contribution is 2.27. The number of rotatable bonds is 10. The summed E-state index contributed by atoms with van der Waals surface area (Å²) in [6, 6.07) is 16.0. The Hall–Kier alpha value is -2.83. The van der Waals surface area contributed by atoms with Gasteiger partial charge in [0.05, 0.1) is 13.4 Å². The number of nitrogens with one attached hydrogen (secondary N) is 1. The van der Waals surface area contributed by atoms with Gasteiger partial charge in [0.2, 0.25) is 0 Å². The molecule has 0 saturated heterocycles. The number of esters is 1. The molecule has 0 aliphatic rings. The Morgan fingerprint density at radius 1 is 1.10 bits per heavy atom. The van der Waals surface area contributed by atoms with Gasteiger partial charge in [0.1, 0.15) is 17.6 Å². The lowest BCUT2D eigenvalue weighted by Gasteiger charge is -2.19. The molecule has 3 aromatic rings. The number of benzene rings is 2. The van der Waals surface area contributed by atoms with Crippen LogP contribution in [0.5, 0.6) is 5.75 Å². The highest BCUT2D eigenvalue weighted by molar-refractivity contribution is 5.84. The molecule has 6 heteroatoms. The fourth-order valence-corrected chi connectivity index (χ4v) is 3.20. The molecule has 154 valence electrons. The van der Waals surface area contributed by atoms with Gasteiger partial charge < -0.3 is 23.9 Å². The standard InChI is InChI=1S/C23H27NO5/c1-16(12-17-8-10-19(11-9-17)28-15-22(25)27-3)24-13-21(26-2)23-20-7-5-4-6-18(20)14-29-23/h4-11,14,16,21,24H,12-13,15H2,1-3H3. The molecule has 1 N–H and O–H groups in total. The first-order valence-corrected chi connectivity index (χ1v) is 9.61. The maximum absolute atomic E-state index is 11.1. The summed E-state index contributed by atoms with van der Waals surface area (Å²) in [4.78, 5) is 11.1. The molecule has 0 aliphatic heterocycles. The van der Waals surface area contributed by atoms with Gasteiger partial charge in [-0.1, -0.05) is 36.4 Å². The van der Waals surface area contributed by atoms with Crippen molar-refractivity contribution in [2.24, 2.45) is 0 Å². The first-order valence-electron chi connectivity index (χ1n) is 9.61. The summed E-state index contributed by atoms with van der Waals surface area (Å²) in [5, 5.41) is 5.68. The highest BCUT2D eigenvalue weighted by atomic mass is 16.6. The Labute approximate surface area is 170 Å². The van der Waals surface area contributed by atoms with Crippen LogP contribution in [0.2, 0.25) is 0 Å². The van der Waals surface area contributed by atoms with E-state index < -0.39 is 5.97 Å². The number of furan rings is 1. The Morgan fingerprint density at radius 3 is 2.59 bits per heavy atom. The minimum absolute atomic E-state index is 0.0896. The second-order valence-corrected chi connectivity index (χ2v) is 6.93. The van der Waals surface area contributed by atoms with Crippen molar-refractivity contribution in [1.29, 1.82) is 0 Å². The van der Waals surface area contributed by atoms with Gasteiger partial charge in [-0.2, -0.15) is 0 Å². The SMILES string of the molecule is COC(=O)COc1ccc(CC(C)NCC(OC)c2occ3ccccc23)cc1. The third-order valence-corrected chi connectivity index (χ3v) is 4.82. The first-order chi connectivity index (χ1) is 14.1. The van der Waals surface area contributed by atoms with Crippen molar-refractivity contribution in [3.8, 4) is 5.75 Å². The highest BCUT2D eigenvalue weighted by Gasteiger charge is 2.18. The molecule has 0 aliphatic carbocycles. The van der Waals surface area contributed by atoms with Gasteiger partial charge in [-0.15, -0.1) is 0 Å². The molecule has 1 heterocycles. The first kappa shape index (κ1) is 20.9. The van der Waals surface area contributed by atoms with Gasteiger partial charge in [-0.3, -0.25) is 0 Å². The van der Waals surface area contributed by atoms with Crippen LogP contribution in [0.3, 0.4) is 0 Å². The molecule has 2 aromatic carbocycles. The van der Waals surface area contributed by atoms with Crippen LogP contribution in [0, 0.1) is 0 Å². The lowest BCUT2D eigenvalue weighted by atomic mass is 10.1. The summed E-state index contributed by atoms with van der Waals surface area (Å²) in [6.07, 6.45) is 2.46. The molecular formula is C23H27NO5. The molecule has 6 nitrogen and oxygen atoms in total. The van der Waals surface area contributed by atoms with Gasteiger partial charge in [0, 0.05) is 30.5 Å². The maximum atomic E-state index is 11.1. The Bertz CT molecular complexity index is 918. The molecule has 0 bridgehead atoms. The van der Waals surface area contributed by atoms with E-state index >= 15 is 0 Å². The molecule has 0 saturated carbocycles. The lowest BCUT2D eigenvalue weighted by molar-refractivity contribution is -0.142. The van der Waals surface area contributed by atoms with Crippen molar-refractivity contribution >= 4 is 16.7 Å². The van der Waals surface area contributed by atoms with Crippen LogP contribution in [-0.2, 0) is 20.7 Å². The van der Waals surface area contributed by atoms with Crippen molar-refractivity contribution in [2.75, 3.05) is 27.4 Å². The van der Waals surface area contributed by atoms with Crippen molar-refractivity contribution in [2.45, 2.75) is 25.5 Å². The van der Waals surface area contributed by atoms with Crippen LogP contribution in [0.25, 0.3) is 10.8 Å². The zero-order valence-electron chi connectivity index (χ0n) is 17.0. The predicted octanol–water partition coefficient (Wildman–Crippen LogP) is 3.89. The van der Waals surface area contributed by atoms with Crippen LogP contribution >= 0.6 is 0 Å². The fourth-order valence-electron chi connectivity index (χ4n) is 3.20. The van der Waals surface area contributed by atoms with E-state index in [-0.39, 0.29) is 18.8 Å². The zero-order valence-corrected chi connectivity index (χ0v) is 17.0. The van der Waals surface area contributed by atoms with E-state index in [0.717, 1.165) is 23.0 Å². The molecule has 2 atom stereocenters. The van der Waals surface area contributed by atoms with Gasteiger partial charge in [0.25, 0.3) is 0 Å². The number of ether oxygens (including phenoxy) is 3. The van der Waals surface area contributed by atoms with E-state index in [1.807, 2.05) is 48.5 Å². The molecule has 29 heavy (non-hydrogen) atoms. The van der Waals surface area contributed by atoms with E-state index in [1.54, 1.807) is 13.4 Å². The van der Waals surface area contributed by atoms with E-state index in [1.165, 1.54) is 12.7 Å². The van der Waals surface area contributed by atoms with Crippen molar-refractivity contribution in [3.63, 3.8) is 0 Å². The van der Waals surface area contributed by atoms with E-state index in [4.69, 9.17) is 13.9 Å². The van der Waals surface area contributed by atoms with Crippen molar-refractivity contribution < 1.29 is 23.4 Å². The minimum Gasteiger partial charge on any atom is -0.482 e. The zero-order chi connectivity index (χ0) is 20.6. The number of methoxy groups -OCH3 is 2. The molecular weight excluding hydrogens is 370 g/mol. The van der Waals surface area contributed by atoms with Crippen molar-refractivity contribution in [3.05, 3.63) is 66.1 Å². The molecule has 2 unspecified atom stereocenters. The topological polar surface area (TPSA) is 69.9 Å². The van der Waals surface area contributed by atoms with E-state index in [0.29, 0.717) is 12.3 Å². The predicted molar refractivity (Wildman–Crippen MR) is 111 cm³/mol. The smallest absolute Gasteiger partial charge is 0.343 e. The molecule has 0 radical (unpaired) electrons. The van der Waals surface area contributed by atoms with Crippen LogP contribution < -0.4 is 10.1 Å². The summed E-state index contributed by atoms with van der Waals surface area (Å²) in [7, 11) is 3.03. The number of fused-ring (bicyclic) bond motifs is 1. The largest absolute Gasteiger partial charge is 0.482 e. The lowest BCUT2D eigenvalue weighted by Crippen LogP contribution is -2.32. The molecule has 0 fully saturated rings. The van der Waals surface area contributed by atoms with Crippen LogP contribution in [0.15, 0.2) is 59.2 Å². The second kappa shape index (κ2) is 10.1. The van der Waals surface area contributed by atoms with Crippen LogP contribution in [0.1, 0.15) is 24.4 Å². The summed E-state index contributed by atoms with van der Waals surface area (Å²) >= 11 is 0. The summed E-state index contributed by atoms with van der Waals surface area (Å²) in [5.74, 6) is 1.09. The maximum Gasteiger partial charge on any atom is 0.343 e. The van der Waals surface area contributed by atoms with Gasteiger partial charge in [0.15, 0.2) is 6.61 Å². The summed E-state index contributed by atoms with van der Waals surface area (Å²) < 4.78 is 21.4. The molecule has 0 amide bonds. The average molecular weight is 397 g/mol. The number of hydrogen-bond acceptors (Lipinski definition) is 6. The summed E-state index contributed by atoms with van der Waals surface area (Å²) in [5.41, 5.74) is 1.17. The summed E-state index contributed by atoms with van der Waals surface area (Å²) in [6.45, 7) is 2.69. The number of carbonyl (C=O) groups is 1. The number of hydrogen-bond donors (Lipinski definition) is 1. The van der Waals surface area contributed by atoms with Gasteiger partial charge >= 0.3 is 5.97 Å². The minimum atomic E-state index is -0.399. The van der Waals surface area contributed by atoms with Gasteiger partial charge in [-0.25, -0.2) is 4.79 Å². The third kappa shape index (κ3) is 5.59. The second-order valence-electron chi connectivity index (χ2n) is 6.93. The van der Waals surface area contributed by atoms with Crippen LogP contribution in [-0.4, -0.2) is 39.4 Å². The van der Waals surface area contributed by atoms with Gasteiger partial charge in [-0.05, 0) is 31.0 Å². The Balaban J connectivity index is 1.52. The Kier molecular flexibility index (Phi) is 7.27. The Morgan fingerprint density at radius 2 is 1.86 bits per heavy atom. The third-order valence-electron chi connectivity index (χ3n) is 4.82. The quantitative estimate of drug-likeness (QED) is 0.524. The van der Waals surface area contributed by atoms with E-state index in [9.17, 15) is 4.79 Å². The van der Waals surface area contributed by atoms with E-state index in [2.05, 4.69) is 17.0 Å². The average Bonchev–Trinajstić information content (AvgIpc) is 3.17. The van der Waals surface area contributed by atoms with Crippen molar-refractivity contribution in [1.82, 2.24) is 5.32 Å². The number of carbonyl (C=O) groups excluding carboxylic acids is 1. The molecule has 3 rings (SSSR count). The normalized spacial score (nSPS) is 13.2. The monoisotopic (exact) mass is 397 g/mol. The fraction of sp³-hybridized carbons (Fsp3) is 0.348.